The summed E-state index contributed by atoms with van der Waals surface area (Å²) in [6.07, 6.45) is 1.72. The molecule has 0 unspecified atom stereocenters. The van der Waals surface area contributed by atoms with Gasteiger partial charge < -0.3 is 5.32 Å². The van der Waals surface area contributed by atoms with E-state index in [1.54, 1.807) is 6.21 Å². The lowest BCUT2D eigenvalue weighted by molar-refractivity contribution is 0.472. The fourth-order valence-corrected chi connectivity index (χ4v) is 0.621. The monoisotopic (exact) mass is 140 g/mol. The summed E-state index contributed by atoms with van der Waals surface area (Å²) in [7, 11) is 0. The van der Waals surface area contributed by atoms with E-state index < -0.39 is 0 Å². The maximum Gasteiger partial charge on any atom is 0.118 e. The highest BCUT2D eigenvalue weighted by atomic mass is 15.1. The molecule has 2 heteroatoms. The average molecular weight is 140 g/mol. The van der Waals surface area contributed by atoms with E-state index in [0.29, 0.717) is 0 Å². The molecule has 0 aromatic rings. The van der Waals surface area contributed by atoms with Crippen LogP contribution in [0, 0.1) is 0 Å². The molecule has 0 aliphatic rings. The van der Waals surface area contributed by atoms with Crippen LogP contribution in [-0.2, 0) is 0 Å². The van der Waals surface area contributed by atoms with Crippen LogP contribution in [0.25, 0.3) is 0 Å². The summed E-state index contributed by atoms with van der Waals surface area (Å²) in [5, 5.41) is 3.13. The van der Waals surface area contributed by atoms with Crippen LogP contribution in [0.2, 0.25) is 0 Å². The highest BCUT2D eigenvalue weighted by molar-refractivity contribution is 5.54. The first kappa shape index (κ1) is 9.21. The van der Waals surface area contributed by atoms with Crippen molar-refractivity contribution in [3.05, 3.63) is 12.4 Å². The maximum absolute atomic E-state index is 3.98. The molecule has 0 aliphatic heterocycles. The molecular weight excluding hydrogens is 124 g/mol. The van der Waals surface area contributed by atoms with E-state index in [2.05, 4.69) is 37.7 Å². The lowest BCUT2D eigenvalue weighted by Crippen LogP contribution is -2.34. The minimum atomic E-state index is 0.0591. The molecule has 0 radical (unpaired) electrons. The molecule has 0 fully saturated rings. The van der Waals surface area contributed by atoms with Gasteiger partial charge in [0.1, 0.15) is 5.82 Å². The van der Waals surface area contributed by atoms with Crippen molar-refractivity contribution < 1.29 is 0 Å². The van der Waals surface area contributed by atoms with Gasteiger partial charge in [-0.1, -0.05) is 6.58 Å². The predicted molar refractivity (Wildman–Crippen MR) is 46.2 cm³/mol. The van der Waals surface area contributed by atoms with E-state index in [-0.39, 0.29) is 5.54 Å². The Kier molecular flexibility index (Phi) is 3.13. The molecule has 1 N–H and O–H groups in total. The first-order chi connectivity index (χ1) is 4.45. The number of aliphatic imine (C=N–C) groups is 1. The highest BCUT2D eigenvalue weighted by Crippen LogP contribution is 2.01. The van der Waals surface area contributed by atoms with Crippen LogP contribution in [0.4, 0.5) is 0 Å². The molecule has 2 nitrogen and oxygen atoms in total. The molecule has 0 aromatic heterocycles. The van der Waals surface area contributed by atoms with Gasteiger partial charge in [0.25, 0.3) is 0 Å². The molecule has 0 spiro atoms. The van der Waals surface area contributed by atoms with Crippen molar-refractivity contribution in [3.63, 3.8) is 0 Å². The Bertz CT molecular complexity index is 140. The summed E-state index contributed by atoms with van der Waals surface area (Å²) in [5.41, 5.74) is 0.0591. The van der Waals surface area contributed by atoms with Gasteiger partial charge in [0, 0.05) is 11.8 Å². The number of rotatable bonds is 2. The van der Waals surface area contributed by atoms with Crippen molar-refractivity contribution in [2.24, 2.45) is 4.99 Å². The number of nitrogens with one attached hydrogen (secondary N) is 1. The van der Waals surface area contributed by atoms with Crippen LogP contribution in [0.1, 0.15) is 27.7 Å². The summed E-state index contributed by atoms with van der Waals surface area (Å²) >= 11 is 0. The molecule has 0 heterocycles. The summed E-state index contributed by atoms with van der Waals surface area (Å²) in [6, 6.07) is 0. The molecule has 0 atom stereocenters. The molecule has 0 saturated heterocycles. The Balaban J connectivity index is 3.81. The van der Waals surface area contributed by atoms with Crippen molar-refractivity contribution in [2.45, 2.75) is 33.2 Å². The Hall–Kier alpha value is -0.790. The van der Waals surface area contributed by atoms with Gasteiger partial charge in [0.2, 0.25) is 0 Å². The van der Waals surface area contributed by atoms with Gasteiger partial charge in [-0.25, -0.2) is 4.99 Å². The highest BCUT2D eigenvalue weighted by Gasteiger charge is 2.07. The normalized spacial score (nSPS) is 12.0. The van der Waals surface area contributed by atoms with E-state index in [0.717, 1.165) is 5.82 Å². The van der Waals surface area contributed by atoms with Crippen LogP contribution in [0.3, 0.4) is 0 Å². The Morgan fingerprint density at radius 1 is 1.50 bits per heavy atom. The Morgan fingerprint density at radius 2 is 2.00 bits per heavy atom. The molecular formula is C8H16N2. The average Bonchev–Trinajstić information content (AvgIpc) is 1.59. The molecule has 0 aromatic carbocycles. The standard InChI is InChI=1S/C8H16N2/c1-6-9-7(2)10-8(3,4)5/h6,10H,2H2,1,3-5H3. The zero-order valence-corrected chi connectivity index (χ0v) is 7.23. The number of hydrogen-bond acceptors (Lipinski definition) is 2. The van der Waals surface area contributed by atoms with Gasteiger partial charge in [-0.2, -0.15) is 0 Å². The second-order valence-electron chi connectivity index (χ2n) is 3.21. The molecule has 0 bridgehead atoms. The van der Waals surface area contributed by atoms with Crippen LogP contribution in [0.15, 0.2) is 17.4 Å². The molecule has 0 amide bonds. The zero-order chi connectivity index (χ0) is 8.20. The Labute approximate surface area is 63.0 Å². The van der Waals surface area contributed by atoms with Gasteiger partial charge in [-0.3, -0.25) is 0 Å². The second-order valence-corrected chi connectivity index (χ2v) is 3.21. The van der Waals surface area contributed by atoms with Gasteiger partial charge in [0.05, 0.1) is 0 Å². The SMILES string of the molecule is C=C(N=CC)NC(C)(C)C. The largest absolute Gasteiger partial charge is 0.366 e. The maximum atomic E-state index is 3.98. The topological polar surface area (TPSA) is 24.4 Å². The Morgan fingerprint density at radius 3 is 2.30 bits per heavy atom. The van der Waals surface area contributed by atoms with Crippen LogP contribution < -0.4 is 5.32 Å². The second kappa shape index (κ2) is 3.40. The first-order valence-corrected chi connectivity index (χ1v) is 3.41. The summed E-state index contributed by atoms with van der Waals surface area (Å²) in [4.78, 5) is 3.98. The van der Waals surface area contributed by atoms with Gasteiger partial charge in [-0.05, 0) is 27.7 Å². The van der Waals surface area contributed by atoms with Crippen LogP contribution in [-0.4, -0.2) is 11.8 Å². The van der Waals surface area contributed by atoms with Crippen molar-refractivity contribution >= 4 is 6.21 Å². The van der Waals surface area contributed by atoms with E-state index in [1.807, 2.05) is 6.92 Å². The molecule has 0 saturated carbocycles. The number of hydrogen-bond donors (Lipinski definition) is 1. The number of nitrogens with zero attached hydrogens (tertiary/aromatic N) is 1. The van der Waals surface area contributed by atoms with Gasteiger partial charge >= 0.3 is 0 Å². The van der Waals surface area contributed by atoms with E-state index >= 15 is 0 Å². The zero-order valence-electron chi connectivity index (χ0n) is 7.23. The van der Waals surface area contributed by atoms with Crippen LogP contribution in [0.5, 0.6) is 0 Å². The smallest absolute Gasteiger partial charge is 0.118 e. The van der Waals surface area contributed by atoms with E-state index in [1.165, 1.54) is 0 Å². The summed E-state index contributed by atoms with van der Waals surface area (Å²) < 4.78 is 0. The van der Waals surface area contributed by atoms with Crippen molar-refractivity contribution in [3.8, 4) is 0 Å². The van der Waals surface area contributed by atoms with Crippen molar-refractivity contribution in [1.29, 1.82) is 0 Å². The minimum Gasteiger partial charge on any atom is -0.366 e. The third-order valence-electron chi connectivity index (χ3n) is 0.804. The molecule has 0 aliphatic carbocycles. The first-order valence-electron chi connectivity index (χ1n) is 3.41. The third kappa shape index (κ3) is 5.35. The van der Waals surface area contributed by atoms with Crippen molar-refractivity contribution in [1.82, 2.24) is 5.32 Å². The fourth-order valence-electron chi connectivity index (χ4n) is 0.621. The van der Waals surface area contributed by atoms with Crippen molar-refractivity contribution in [2.75, 3.05) is 0 Å². The molecule has 0 rings (SSSR count). The fraction of sp³-hybridized carbons (Fsp3) is 0.625. The summed E-state index contributed by atoms with van der Waals surface area (Å²) in [5.74, 6) is 0.718. The van der Waals surface area contributed by atoms with E-state index in [9.17, 15) is 0 Å². The molecule has 10 heavy (non-hydrogen) atoms. The predicted octanol–water partition coefficient (Wildman–Crippen LogP) is 1.94. The van der Waals surface area contributed by atoms with E-state index in [4.69, 9.17) is 0 Å². The van der Waals surface area contributed by atoms with Gasteiger partial charge in [-0.15, -0.1) is 0 Å². The quantitative estimate of drug-likeness (QED) is 0.582. The molecule has 58 valence electrons. The van der Waals surface area contributed by atoms with Gasteiger partial charge in [0.15, 0.2) is 0 Å². The minimum absolute atomic E-state index is 0.0591. The van der Waals surface area contributed by atoms with Crippen LogP contribution >= 0.6 is 0 Å². The lowest BCUT2D eigenvalue weighted by Gasteiger charge is -2.21. The summed E-state index contributed by atoms with van der Waals surface area (Å²) in [6.45, 7) is 11.8. The third-order valence-corrected chi connectivity index (χ3v) is 0.804. The lowest BCUT2D eigenvalue weighted by atomic mass is 10.1.